The molecule has 0 aromatic heterocycles. The van der Waals surface area contributed by atoms with Gasteiger partial charge in [0.1, 0.15) is 6.04 Å². The van der Waals surface area contributed by atoms with Gasteiger partial charge in [-0.1, -0.05) is 50.2 Å². The van der Waals surface area contributed by atoms with Crippen molar-refractivity contribution >= 4 is 17.5 Å². The monoisotopic (exact) mass is 601 g/mol. The van der Waals surface area contributed by atoms with Crippen molar-refractivity contribution in [1.82, 2.24) is 10.2 Å². The number of nitrogens with zero attached hydrogens (tertiary/aromatic N) is 1. The Morgan fingerprint density at radius 1 is 0.977 bits per heavy atom. The van der Waals surface area contributed by atoms with Gasteiger partial charge in [-0.3, -0.25) is 14.4 Å². The highest BCUT2D eigenvalue weighted by Crippen LogP contribution is 2.50. The third-order valence-corrected chi connectivity index (χ3v) is 7.89. The largest absolute Gasteiger partial charge is 0.493 e. The fourth-order valence-corrected chi connectivity index (χ4v) is 5.91. The number of carbonyl (C=O) groups excluding carboxylic acids is 2. The highest BCUT2D eigenvalue weighted by molar-refractivity contribution is 5.86. The topological polar surface area (TPSA) is 106 Å². The van der Waals surface area contributed by atoms with E-state index < -0.39 is 12.1 Å². The van der Waals surface area contributed by atoms with Crippen LogP contribution in [-0.4, -0.2) is 51.1 Å². The summed E-state index contributed by atoms with van der Waals surface area (Å²) in [6.45, 7) is 6.02. The van der Waals surface area contributed by atoms with Crippen LogP contribution in [-0.2, 0) is 22.6 Å². The zero-order chi connectivity index (χ0) is 32.0. The number of rotatable bonds is 11. The molecule has 3 aromatic carbocycles. The molecule has 0 radical (unpaired) electrons. The summed E-state index contributed by atoms with van der Waals surface area (Å²) in [5.41, 5.74) is 4.14. The highest BCUT2D eigenvalue weighted by Gasteiger charge is 2.30. The van der Waals surface area contributed by atoms with Crippen molar-refractivity contribution < 1.29 is 23.8 Å². The second-order valence-electron chi connectivity index (χ2n) is 11.6. The van der Waals surface area contributed by atoms with E-state index in [9.17, 15) is 14.4 Å². The molecule has 1 aliphatic carbocycles. The first kappa shape index (κ1) is 32.4. The lowest BCUT2D eigenvalue weighted by Gasteiger charge is -2.26. The maximum Gasteiger partial charge on any atom is 0.245 e. The van der Waals surface area contributed by atoms with Crippen LogP contribution in [0.15, 0.2) is 59.4 Å². The molecule has 9 nitrogen and oxygen atoms in total. The summed E-state index contributed by atoms with van der Waals surface area (Å²) >= 11 is 0. The van der Waals surface area contributed by atoms with Crippen molar-refractivity contribution in [3.8, 4) is 28.4 Å². The average molecular weight is 602 g/mol. The number of benzene rings is 2. The number of amides is 2. The first-order valence-electron chi connectivity index (χ1n) is 14.9. The van der Waals surface area contributed by atoms with Crippen molar-refractivity contribution in [2.75, 3.05) is 33.7 Å². The second kappa shape index (κ2) is 14.3. The molecule has 234 valence electrons. The van der Waals surface area contributed by atoms with E-state index in [-0.39, 0.29) is 23.2 Å². The minimum Gasteiger partial charge on any atom is -0.493 e. The van der Waals surface area contributed by atoms with Gasteiger partial charge in [-0.2, -0.15) is 0 Å². The average Bonchev–Trinajstić information content (AvgIpc) is 3.24. The number of hydrogen-bond acceptors (Lipinski definition) is 7. The van der Waals surface area contributed by atoms with Crippen LogP contribution in [0.2, 0.25) is 0 Å². The van der Waals surface area contributed by atoms with Crippen molar-refractivity contribution in [3.63, 3.8) is 0 Å². The molecule has 4 rings (SSSR count). The smallest absolute Gasteiger partial charge is 0.245 e. The Hall–Kier alpha value is -4.53. The van der Waals surface area contributed by atoms with E-state index in [2.05, 4.69) is 10.6 Å². The van der Waals surface area contributed by atoms with Crippen LogP contribution in [0, 0.1) is 5.92 Å². The van der Waals surface area contributed by atoms with Crippen LogP contribution in [0.4, 0.5) is 5.69 Å². The molecule has 2 atom stereocenters. The van der Waals surface area contributed by atoms with Crippen molar-refractivity contribution in [2.45, 2.75) is 58.7 Å². The van der Waals surface area contributed by atoms with Gasteiger partial charge < -0.3 is 29.7 Å². The van der Waals surface area contributed by atoms with Crippen molar-refractivity contribution in [2.24, 2.45) is 5.92 Å². The summed E-state index contributed by atoms with van der Waals surface area (Å²) in [5, 5.41) is 6.31. The summed E-state index contributed by atoms with van der Waals surface area (Å²) in [6, 6.07) is 15.8. The molecule has 9 heteroatoms. The third-order valence-electron chi connectivity index (χ3n) is 7.89. The molecule has 2 amide bonds. The fourth-order valence-electron chi connectivity index (χ4n) is 5.91. The lowest BCUT2D eigenvalue weighted by Crippen LogP contribution is -2.42. The fraction of sp³-hybridized carbons (Fsp3) is 0.400. The van der Waals surface area contributed by atoms with Gasteiger partial charge in [-0.25, -0.2) is 0 Å². The Balaban J connectivity index is 1.83. The summed E-state index contributed by atoms with van der Waals surface area (Å²) in [7, 11) is 6.46. The lowest BCUT2D eigenvalue weighted by atomic mass is 9.95. The van der Waals surface area contributed by atoms with E-state index in [1.54, 1.807) is 45.4 Å². The normalized spacial score (nSPS) is 14.4. The molecular formula is C35H43N3O6. The number of nitrogens with one attached hydrogen (secondary N) is 2. The van der Waals surface area contributed by atoms with Gasteiger partial charge in [0.05, 0.1) is 33.1 Å². The van der Waals surface area contributed by atoms with E-state index in [0.717, 1.165) is 22.3 Å². The van der Waals surface area contributed by atoms with Crippen molar-refractivity contribution in [3.05, 3.63) is 81.5 Å². The molecule has 2 N–H and O–H groups in total. The highest BCUT2D eigenvalue weighted by atomic mass is 16.5. The van der Waals surface area contributed by atoms with Crippen LogP contribution in [0.25, 0.3) is 11.1 Å². The van der Waals surface area contributed by atoms with Crippen LogP contribution in [0.1, 0.15) is 56.3 Å². The molecule has 0 bridgehead atoms. The van der Waals surface area contributed by atoms with Crippen LogP contribution in [0.5, 0.6) is 17.2 Å². The second-order valence-corrected chi connectivity index (χ2v) is 11.6. The molecule has 0 spiro atoms. The molecular weight excluding hydrogens is 558 g/mol. The number of hydrogen-bond donors (Lipinski definition) is 2. The lowest BCUT2D eigenvalue weighted by molar-refractivity contribution is -0.131. The number of methoxy groups -OCH3 is 3. The Labute approximate surface area is 259 Å². The Kier molecular flexibility index (Phi) is 10.5. The molecule has 0 saturated heterocycles. The van der Waals surface area contributed by atoms with Gasteiger partial charge in [0.15, 0.2) is 11.5 Å². The standard InChI is InChI=1S/C35H43N3O6/c1-21(2)17-29(35(41)38(4)20-23-11-9-8-10-12-23)37-28-16-14-25-26(19-30(28)40)27(36-22(3)39)15-13-24-18-31(42-5)33(43-6)34(44-7)32(24)25/h8-12,14,16,18-19,21,27,29H,13,15,17,20H2,1-7H3,(H,36,39)(H,37,40). The van der Waals surface area contributed by atoms with Gasteiger partial charge in [-0.05, 0) is 65.6 Å². The predicted octanol–water partition coefficient (Wildman–Crippen LogP) is 5.35. The zero-order valence-electron chi connectivity index (χ0n) is 26.7. The van der Waals surface area contributed by atoms with E-state index in [1.807, 2.05) is 56.3 Å². The van der Waals surface area contributed by atoms with E-state index >= 15 is 0 Å². The Bertz CT molecular complexity index is 1560. The van der Waals surface area contributed by atoms with Crippen LogP contribution in [0.3, 0.4) is 0 Å². The molecule has 3 aromatic rings. The number of carbonyl (C=O) groups is 2. The molecule has 0 fully saturated rings. The number of aryl methyl sites for hydroxylation is 1. The van der Waals surface area contributed by atoms with Gasteiger partial charge in [0.2, 0.25) is 23.0 Å². The summed E-state index contributed by atoms with van der Waals surface area (Å²) < 4.78 is 17.2. The minimum absolute atomic E-state index is 0.102. The first-order valence-corrected chi connectivity index (χ1v) is 14.9. The number of ether oxygens (including phenoxy) is 3. The zero-order valence-corrected chi connectivity index (χ0v) is 26.7. The van der Waals surface area contributed by atoms with Gasteiger partial charge in [0.25, 0.3) is 0 Å². The SMILES string of the molecule is COc1cc2c(c(OC)c1OC)-c1ccc(NC(CC(C)C)C(=O)N(C)Cc3ccccc3)c(=O)cc1C(NC(C)=O)CC2. The van der Waals surface area contributed by atoms with Crippen LogP contribution < -0.4 is 30.3 Å². The molecule has 44 heavy (non-hydrogen) atoms. The molecule has 2 unspecified atom stereocenters. The molecule has 1 aliphatic rings. The number of fused-ring (bicyclic) bond motifs is 3. The Morgan fingerprint density at radius 2 is 1.68 bits per heavy atom. The summed E-state index contributed by atoms with van der Waals surface area (Å²) in [4.78, 5) is 41.5. The third kappa shape index (κ3) is 7.15. The molecule has 0 heterocycles. The predicted molar refractivity (Wildman–Crippen MR) is 172 cm³/mol. The van der Waals surface area contributed by atoms with Gasteiger partial charge >= 0.3 is 0 Å². The van der Waals surface area contributed by atoms with E-state index in [0.29, 0.717) is 54.3 Å². The van der Waals surface area contributed by atoms with Gasteiger partial charge in [0, 0.05) is 26.1 Å². The van der Waals surface area contributed by atoms with E-state index in [4.69, 9.17) is 14.2 Å². The Morgan fingerprint density at radius 3 is 2.30 bits per heavy atom. The van der Waals surface area contributed by atoms with Crippen LogP contribution >= 0.6 is 0 Å². The molecule has 0 saturated carbocycles. The van der Waals surface area contributed by atoms with E-state index in [1.165, 1.54) is 6.92 Å². The molecule has 0 aliphatic heterocycles. The maximum atomic E-state index is 13.9. The number of anilines is 1. The maximum absolute atomic E-state index is 13.9. The van der Waals surface area contributed by atoms with Crippen molar-refractivity contribution in [1.29, 1.82) is 0 Å². The van der Waals surface area contributed by atoms with Gasteiger partial charge in [-0.15, -0.1) is 0 Å². The first-order chi connectivity index (χ1) is 21.1. The summed E-state index contributed by atoms with van der Waals surface area (Å²) in [6.07, 6.45) is 1.70. The minimum atomic E-state index is -0.615. The summed E-state index contributed by atoms with van der Waals surface area (Å²) in [5.74, 6) is 1.35. The quantitative estimate of drug-likeness (QED) is 0.305. The number of likely N-dealkylation sites (N-methyl/N-ethyl adjacent to an activating group) is 1.